The van der Waals surface area contributed by atoms with Crippen LogP contribution in [0.15, 0.2) is 41.3 Å². The second kappa shape index (κ2) is 5.47. The summed E-state index contributed by atoms with van der Waals surface area (Å²) in [6.45, 7) is 4.79. The number of benzene rings is 1. The zero-order chi connectivity index (χ0) is 17.5. The van der Waals surface area contributed by atoms with Gasteiger partial charge in [-0.1, -0.05) is 44.2 Å². The number of hydrogen-bond donors (Lipinski definition) is 2. The second-order valence-electron chi connectivity index (χ2n) is 7.36. The van der Waals surface area contributed by atoms with Gasteiger partial charge < -0.3 is 10.2 Å². The van der Waals surface area contributed by atoms with E-state index in [1.54, 1.807) is 0 Å². The topological polar surface area (TPSA) is 92.4 Å². The van der Waals surface area contributed by atoms with Gasteiger partial charge in [-0.2, -0.15) is 5.10 Å². The van der Waals surface area contributed by atoms with Crippen molar-refractivity contribution in [1.82, 2.24) is 9.78 Å². The highest BCUT2D eigenvalue weighted by atomic mass is 16.4. The molecule has 6 nitrogen and oxygen atoms in total. The van der Waals surface area contributed by atoms with Gasteiger partial charge in [0, 0.05) is 5.41 Å². The monoisotopic (exact) mass is 328 g/mol. The molecule has 3 rings (SSSR count). The maximum absolute atomic E-state index is 11.7. The first-order valence-electron chi connectivity index (χ1n) is 7.82. The quantitative estimate of drug-likeness (QED) is 0.899. The predicted molar refractivity (Wildman–Crippen MR) is 88.3 cm³/mol. The van der Waals surface area contributed by atoms with Crippen LogP contribution < -0.4 is 5.43 Å². The Labute approximate surface area is 139 Å². The average Bonchev–Trinajstić information content (AvgIpc) is 2.49. The third kappa shape index (κ3) is 2.79. The third-order valence-corrected chi connectivity index (χ3v) is 4.63. The van der Waals surface area contributed by atoms with Gasteiger partial charge in [-0.3, -0.25) is 9.48 Å². The number of carboxylic acid groups (broad SMARTS) is 1. The molecule has 1 aliphatic rings. The summed E-state index contributed by atoms with van der Waals surface area (Å²) in [4.78, 5) is 22.8. The molecule has 1 aromatic carbocycles. The van der Waals surface area contributed by atoms with Crippen molar-refractivity contribution in [3.8, 4) is 5.75 Å². The molecule has 0 atom stereocenters. The van der Waals surface area contributed by atoms with Crippen molar-refractivity contribution in [3.05, 3.63) is 58.0 Å². The molecule has 0 saturated heterocycles. The zero-order valence-electron chi connectivity index (χ0n) is 13.7. The van der Waals surface area contributed by atoms with Gasteiger partial charge in [0.2, 0.25) is 5.69 Å². The van der Waals surface area contributed by atoms with Crippen LogP contribution in [0.1, 0.15) is 42.7 Å². The summed E-state index contributed by atoms with van der Waals surface area (Å²) in [5, 5.41) is 22.8. The van der Waals surface area contributed by atoms with Crippen LogP contribution in [0.2, 0.25) is 0 Å². The Morgan fingerprint density at radius 1 is 1.25 bits per heavy atom. The van der Waals surface area contributed by atoms with E-state index < -0.39 is 22.8 Å². The fourth-order valence-electron chi connectivity index (χ4n) is 4.03. The van der Waals surface area contributed by atoms with Crippen LogP contribution in [-0.4, -0.2) is 26.0 Å². The van der Waals surface area contributed by atoms with Crippen LogP contribution in [-0.2, 0) is 12.0 Å². The van der Waals surface area contributed by atoms with Gasteiger partial charge in [-0.25, -0.2) is 4.79 Å². The number of aromatic carboxylic acids is 1. The van der Waals surface area contributed by atoms with Crippen molar-refractivity contribution < 1.29 is 15.0 Å². The van der Waals surface area contributed by atoms with Gasteiger partial charge in [0.1, 0.15) is 0 Å². The second-order valence-corrected chi connectivity index (χ2v) is 7.36. The van der Waals surface area contributed by atoms with E-state index in [1.807, 2.05) is 18.2 Å². The van der Waals surface area contributed by atoms with Crippen molar-refractivity contribution in [2.24, 2.45) is 5.41 Å². The molecule has 126 valence electrons. The Hall–Kier alpha value is -2.63. The molecule has 1 aliphatic carbocycles. The van der Waals surface area contributed by atoms with E-state index >= 15 is 0 Å². The first-order valence-corrected chi connectivity index (χ1v) is 7.82. The summed E-state index contributed by atoms with van der Waals surface area (Å²) in [5.74, 6) is -2.03. The maximum atomic E-state index is 11.7. The minimum atomic E-state index is -1.44. The summed E-state index contributed by atoms with van der Waals surface area (Å²) in [6, 6.07) is 10.0. The van der Waals surface area contributed by atoms with E-state index in [0.717, 1.165) is 18.4 Å². The number of rotatable bonds is 4. The lowest BCUT2D eigenvalue weighted by Gasteiger charge is -2.54. The minimum absolute atomic E-state index is 0.185. The SMILES string of the molecule is CC1(C)CC(Cn2cc(O)c(=O)c(C(=O)O)n2)(c2ccccc2)C1. The van der Waals surface area contributed by atoms with Crippen molar-refractivity contribution in [1.29, 1.82) is 0 Å². The van der Waals surface area contributed by atoms with Crippen LogP contribution in [0.4, 0.5) is 0 Å². The molecule has 2 N–H and O–H groups in total. The molecule has 0 amide bonds. The van der Waals surface area contributed by atoms with E-state index in [-0.39, 0.29) is 10.8 Å². The Kier molecular flexibility index (Phi) is 3.70. The molecule has 0 aliphatic heterocycles. The van der Waals surface area contributed by atoms with Gasteiger partial charge in [-0.15, -0.1) is 0 Å². The number of hydrogen-bond acceptors (Lipinski definition) is 4. The zero-order valence-corrected chi connectivity index (χ0v) is 13.7. The largest absolute Gasteiger partial charge is 0.503 e. The lowest BCUT2D eigenvalue weighted by molar-refractivity contribution is 0.0384. The smallest absolute Gasteiger partial charge is 0.360 e. The summed E-state index contributed by atoms with van der Waals surface area (Å²) in [6.07, 6.45) is 3.05. The lowest BCUT2D eigenvalue weighted by atomic mass is 9.52. The summed E-state index contributed by atoms with van der Waals surface area (Å²) < 4.78 is 1.38. The molecule has 0 unspecified atom stereocenters. The molecule has 0 spiro atoms. The van der Waals surface area contributed by atoms with Gasteiger partial charge in [0.15, 0.2) is 5.75 Å². The van der Waals surface area contributed by atoms with E-state index in [0.29, 0.717) is 6.54 Å². The first kappa shape index (κ1) is 16.2. The number of carbonyl (C=O) groups is 1. The molecule has 0 radical (unpaired) electrons. The van der Waals surface area contributed by atoms with Gasteiger partial charge >= 0.3 is 5.97 Å². The Morgan fingerprint density at radius 3 is 2.42 bits per heavy atom. The fraction of sp³-hybridized carbons (Fsp3) is 0.389. The number of nitrogens with zero attached hydrogens (tertiary/aromatic N) is 2. The first-order chi connectivity index (χ1) is 11.2. The average molecular weight is 328 g/mol. The van der Waals surface area contributed by atoms with Crippen molar-refractivity contribution in [3.63, 3.8) is 0 Å². The molecule has 2 aromatic rings. The van der Waals surface area contributed by atoms with Crippen LogP contribution in [0.25, 0.3) is 0 Å². The molecular formula is C18H20N2O4. The van der Waals surface area contributed by atoms with Gasteiger partial charge in [0.05, 0.1) is 12.7 Å². The van der Waals surface area contributed by atoms with E-state index in [1.165, 1.54) is 10.9 Å². The van der Waals surface area contributed by atoms with Crippen LogP contribution >= 0.6 is 0 Å². The van der Waals surface area contributed by atoms with Crippen molar-refractivity contribution in [2.75, 3.05) is 0 Å². The van der Waals surface area contributed by atoms with Crippen LogP contribution in [0.3, 0.4) is 0 Å². The molecule has 6 heteroatoms. The predicted octanol–water partition coefficient (Wildman–Crippen LogP) is 2.41. The Balaban J connectivity index is 2.01. The van der Waals surface area contributed by atoms with Crippen LogP contribution in [0.5, 0.6) is 5.75 Å². The summed E-state index contributed by atoms with van der Waals surface area (Å²) in [7, 11) is 0. The molecule has 1 fully saturated rings. The highest BCUT2D eigenvalue weighted by Crippen LogP contribution is 2.56. The number of aromatic hydroxyl groups is 1. The lowest BCUT2D eigenvalue weighted by Crippen LogP contribution is -2.49. The number of carboxylic acids is 1. The normalized spacial score (nSPS) is 17.9. The van der Waals surface area contributed by atoms with E-state index in [4.69, 9.17) is 5.11 Å². The van der Waals surface area contributed by atoms with E-state index in [9.17, 15) is 14.7 Å². The molecule has 1 aromatic heterocycles. The number of aromatic nitrogens is 2. The Morgan fingerprint density at radius 2 is 1.88 bits per heavy atom. The summed E-state index contributed by atoms with van der Waals surface area (Å²) in [5.41, 5.74) is -0.457. The summed E-state index contributed by atoms with van der Waals surface area (Å²) >= 11 is 0. The fourth-order valence-corrected chi connectivity index (χ4v) is 4.03. The highest BCUT2D eigenvalue weighted by Gasteiger charge is 2.50. The third-order valence-electron chi connectivity index (χ3n) is 4.63. The Bertz CT molecular complexity index is 832. The van der Waals surface area contributed by atoms with Gasteiger partial charge in [-0.05, 0) is 23.8 Å². The maximum Gasteiger partial charge on any atom is 0.360 e. The molecule has 0 bridgehead atoms. The molecule has 24 heavy (non-hydrogen) atoms. The molecule has 1 saturated carbocycles. The molecular weight excluding hydrogens is 308 g/mol. The molecule has 1 heterocycles. The van der Waals surface area contributed by atoms with Gasteiger partial charge in [0.25, 0.3) is 5.43 Å². The highest BCUT2D eigenvalue weighted by molar-refractivity contribution is 5.85. The van der Waals surface area contributed by atoms with Crippen molar-refractivity contribution in [2.45, 2.75) is 38.6 Å². The van der Waals surface area contributed by atoms with E-state index in [2.05, 4.69) is 31.1 Å². The standard InChI is InChI=1S/C18H20N2O4/c1-17(2)9-18(10-17,12-6-4-3-5-7-12)11-20-8-13(21)15(22)14(19-20)16(23)24/h3-8,21H,9-11H2,1-2H3,(H,23,24). The minimum Gasteiger partial charge on any atom is -0.503 e. The van der Waals surface area contributed by atoms with Crippen molar-refractivity contribution >= 4 is 5.97 Å². The van der Waals surface area contributed by atoms with Crippen LogP contribution in [0, 0.1) is 5.41 Å².